The molecule has 0 atom stereocenters. The smallest absolute Gasteiger partial charge is 0.323 e. The fraction of sp³-hybridized carbons (Fsp3) is 0.455. The number of aromatic nitrogens is 1. The average Bonchev–Trinajstić information content (AvgIpc) is 2.30. The van der Waals surface area contributed by atoms with Crippen molar-refractivity contribution in [3.63, 3.8) is 0 Å². The molecule has 1 saturated heterocycles. The second kappa shape index (κ2) is 5.21. The molecule has 4 nitrogen and oxygen atoms in total. The van der Waals surface area contributed by atoms with E-state index in [1.165, 1.54) is 0 Å². The Morgan fingerprint density at radius 3 is 2.94 bits per heavy atom. The molecule has 0 bridgehead atoms. The molecule has 1 aromatic rings. The molecular formula is C11H15N3OS. The topological polar surface area (TPSA) is 45.2 Å². The maximum absolute atomic E-state index is 11.8. The van der Waals surface area contributed by atoms with Gasteiger partial charge in [0.2, 0.25) is 0 Å². The predicted octanol–water partition coefficient (Wildman–Crippen LogP) is 1.97. The second-order valence-corrected chi connectivity index (χ2v) is 4.97. The highest BCUT2D eigenvalue weighted by molar-refractivity contribution is 7.99. The Kier molecular flexibility index (Phi) is 3.66. The Balaban J connectivity index is 1.96. The average molecular weight is 237 g/mol. The molecule has 2 heterocycles. The third-order valence-corrected chi connectivity index (χ3v) is 3.39. The largest absolute Gasteiger partial charge is 0.323 e. The van der Waals surface area contributed by atoms with E-state index in [9.17, 15) is 4.79 Å². The summed E-state index contributed by atoms with van der Waals surface area (Å²) in [7, 11) is 0. The third kappa shape index (κ3) is 2.88. The second-order valence-electron chi connectivity index (χ2n) is 3.75. The predicted molar refractivity (Wildman–Crippen MR) is 66.9 cm³/mol. The fourth-order valence-corrected chi connectivity index (χ4v) is 2.46. The maximum atomic E-state index is 11.8. The highest BCUT2D eigenvalue weighted by Gasteiger charge is 2.16. The van der Waals surface area contributed by atoms with Crippen molar-refractivity contribution in [3.05, 3.63) is 23.9 Å². The lowest BCUT2D eigenvalue weighted by atomic mass is 10.3. The number of rotatable bonds is 1. The van der Waals surface area contributed by atoms with Crippen LogP contribution in [0.1, 0.15) is 5.56 Å². The fourth-order valence-electron chi connectivity index (χ4n) is 1.56. The summed E-state index contributed by atoms with van der Waals surface area (Å²) in [6.07, 6.45) is 1.71. The molecule has 1 aromatic heterocycles. The van der Waals surface area contributed by atoms with Crippen LogP contribution in [0.3, 0.4) is 0 Å². The molecular weight excluding hydrogens is 222 g/mol. The maximum Gasteiger partial charge on any atom is 0.323 e. The third-order valence-electron chi connectivity index (χ3n) is 2.45. The van der Waals surface area contributed by atoms with Crippen LogP contribution in [-0.4, -0.2) is 40.5 Å². The van der Waals surface area contributed by atoms with Crippen LogP contribution in [-0.2, 0) is 0 Å². The van der Waals surface area contributed by atoms with Gasteiger partial charge in [-0.15, -0.1) is 0 Å². The highest BCUT2D eigenvalue weighted by Crippen LogP contribution is 2.11. The van der Waals surface area contributed by atoms with Gasteiger partial charge in [-0.25, -0.2) is 9.78 Å². The van der Waals surface area contributed by atoms with Gasteiger partial charge in [0.05, 0.1) is 0 Å². The van der Waals surface area contributed by atoms with Crippen molar-refractivity contribution in [2.24, 2.45) is 0 Å². The molecule has 1 fully saturated rings. The van der Waals surface area contributed by atoms with Crippen molar-refractivity contribution in [2.45, 2.75) is 6.92 Å². The zero-order chi connectivity index (χ0) is 11.4. The SMILES string of the molecule is Cc1ccnc(NC(=O)N2CCSCC2)c1. The van der Waals surface area contributed by atoms with Gasteiger partial charge >= 0.3 is 6.03 Å². The first-order valence-electron chi connectivity index (χ1n) is 5.32. The number of thioether (sulfide) groups is 1. The van der Waals surface area contributed by atoms with Gasteiger partial charge in [-0.3, -0.25) is 5.32 Å². The van der Waals surface area contributed by atoms with Crippen molar-refractivity contribution in [1.29, 1.82) is 0 Å². The molecule has 0 radical (unpaired) electrons. The van der Waals surface area contributed by atoms with Gasteiger partial charge in [-0.2, -0.15) is 11.8 Å². The van der Waals surface area contributed by atoms with Gasteiger partial charge in [0.1, 0.15) is 5.82 Å². The van der Waals surface area contributed by atoms with Gasteiger partial charge in [-0.1, -0.05) is 0 Å². The van der Waals surface area contributed by atoms with E-state index in [2.05, 4.69) is 10.3 Å². The molecule has 16 heavy (non-hydrogen) atoms. The minimum Gasteiger partial charge on any atom is -0.323 e. The summed E-state index contributed by atoms with van der Waals surface area (Å²) in [6.45, 7) is 3.62. The Hall–Kier alpha value is -1.23. The molecule has 0 spiro atoms. The van der Waals surface area contributed by atoms with Crippen LogP contribution in [0.15, 0.2) is 18.3 Å². The van der Waals surface area contributed by atoms with E-state index >= 15 is 0 Å². The van der Waals surface area contributed by atoms with Crippen molar-refractivity contribution >= 4 is 23.6 Å². The number of nitrogens with zero attached hydrogens (tertiary/aromatic N) is 2. The van der Waals surface area contributed by atoms with Crippen molar-refractivity contribution in [3.8, 4) is 0 Å². The van der Waals surface area contributed by atoms with Gasteiger partial charge in [0.25, 0.3) is 0 Å². The number of nitrogens with one attached hydrogen (secondary N) is 1. The number of carbonyl (C=O) groups is 1. The van der Waals surface area contributed by atoms with Crippen LogP contribution in [0.25, 0.3) is 0 Å². The lowest BCUT2D eigenvalue weighted by Gasteiger charge is -2.26. The number of hydrogen-bond donors (Lipinski definition) is 1. The van der Waals surface area contributed by atoms with Crippen LogP contribution >= 0.6 is 11.8 Å². The number of pyridine rings is 1. The summed E-state index contributed by atoms with van der Waals surface area (Å²) < 4.78 is 0. The minimum atomic E-state index is -0.0431. The monoisotopic (exact) mass is 237 g/mol. The molecule has 1 aliphatic heterocycles. The van der Waals surface area contributed by atoms with Crippen LogP contribution < -0.4 is 5.32 Å². The van der Waals surface area contributed by atoms with Crippen LogP contribution in [0.5, 0.6) is 0 Å². The van der Waals surface area contributed by atoms with Crippen molar-refractivity contribution < 1.29 is 4.79 Å². The van der Waals surface area contributed by atoms with E-state index in [1.54, 1.807) is 6.20 Å². The zero-order valence-electron chi connectivity index (χ0n) is 9.27. The number of urea groups is 1. The van der Waals surface area contributed by atoms with E-state index in [1.807, 2.05) is 35.7 Å². The first-order chi connectivity index (χ1) is 7.75. The highest BCUT2D eigenvalue weighted by atomic mass is 32.2. The first kappa shape index (κ1) is 11.3. The summed E-state index contributed by atoms with van der Waals surface area (Å²) >= 11 is 1.89. The Morgan fingerprint density at radius 1 is 1.50 bits per heavy atom. The van der Waals surface area contributed by atoms with E-state index < -0.39 is 0 Å². The van der Waals surface area contributed by atoms with E-state index in [4.69, 9.17) is 0 Å². The quantitative estimate of drug-likeness (QED) is 0.812. The number of amides is 2. The number of carbonyl (C=O) groups excluding carboxylic acids is 1. The normalized spacial score (nSPS) is 15.9. The summed E-state index contributed by atoms with van der Waals surface area (Å²) in [5.41, 5.74) is 1.10. The Labute approximate surface area is 99.4 Å². The number of hydrogen-bond acceptors (Lipinski definition) is 3. The molecule has 0 aliphatic carbocycles. The summed E-state index contributed by atoms with van der Waals surface area (Å²) in [5.74, 6) is 2.67. The first-order valence-corrected chi connectivity index (χ1v) is 6.47. The van der Waals surface area contributed by atoms with Crippen molar-refractivity contribution in [2.75, 3.05) is 29.9 Å². The van der Waals surface area contributed by atoms with E-state index in [-0.39, 0.29) is 6.03 Å². The van der Waals surface area contributed by atoms with Gasteiger partial charge in [-0.05, 0) is 24.6 Å². The van der Waals surface area contributed by atoms with Gasteiger partial charge in [0, 0.05) is 30.8 Å². The lowest BCUT2D eigenvalue weighted by Crippen LogP contribution is -2.40. The molecule has 2 rings (SSSR count). The standard InChI is InChI=1S/C11H15N3OS/c1-9-2-3-12-10(8-9)13-11(15)14-4-6-16-7-5-14/h2-3,8H,4-7H2,1H3,(H,12,13,15). The molecule has 2 amide bonds. The number of aryl methyl sites for hydroxylation is 1. The van der Waals surface area contributed by atoms with E-state index in [0.717, 1.165) is 30.2 Å². The molecule has 5 heteroatoms. The number of anilines is 1. The van der Waals surface area contributed by atoms with Gasteiger partial charge in [0.15, 0.2) is 0 Å². The molecule has 0 unspecified atom stereocenters. The Morgan fingerprint density at radius 2 is 2.25 bits per heavy atom. The summed E-state index contributed by atoms with van der Waals surface area (Å²) in [6, 6.07) is 3.74. The van der Waals surface area contributed by atoms with Crippen LogP contribution in [0.2, 0.25) is 0 Å². The molecule has 1 N–H and O–H groups in total. The van der Waals surface area contributed by atoms with E-state index in [0.29, 0.717) is 5.82 Å². The minimum absolute atomic E-state index is 0.0431. The molecule has 86 valence electrons. The molecule has 0 aromatic carbocycles. The summed E-state index contributed by atoms with van der Waals surface area (Å²) in [4.78, 5) is 17.8. The lowest BCUT2D eigenvalue weighted by molar-refractivity contribution is 0.217. The Bertz CT molecular complexity index is 377. The molecule has 1 aliphatic rings. The molecule has 0 saturated carbocycles. The zero-order valence-corrected chi connectivity index (χ0v) is 10.1. The van der Waals surface area contributed by atoms with Gasteiger partial charge < -0.3 is 4.90 Å². The van der Waals surface area contributed by atoms with Crippen molar-refractivity contribution in [1.82, 2.24) is 9.88 Å². The summed E-state index contributed by atoms with van der Waals surface area (Å²) in [5, 5.41) is 2.82. The van der Waals surface area contributed by atoms with Crippen LogP contribution in [0, 0.1) is 6.92 Å². The van der Waals surface area contributed by atoms with Crippen LogP contribution in [0.4, 0.5) is 10.6 Å².